The lowest BCUT2D eigenvalue weighted by molar-refractivity contribution is 0.492. The molecule has 2 rings (SSSR count). The Bertz CT molecular complexity index is 416. The van der Waals surface area contributed by atoms with E-state index in [1.165, 1.54) is 88.3 Å². The van der Waals surface area contributed by atoms with Crippen molar-refractivity contribution in [3.8, 4) is 0 Å². The lowest BCUT2D eigenvalue weighted by Gasteiger charge is -2.23. The van der Waals surface area contributed by atoms with Gasteiger partial charge in [-0.3, -0.25) is 0 Å². The Morgan fingerprint density at radius 1 is 0.909 bits per heavy atom. The molecule has 0 fully saturated rings. The van der Waals surface area contributed by atoms with Crippen LogP contribution in [0.2, 0.25) is 0 Å². The molecule has 2 atom stereocenters. The van der Waals surface area contributed by atoms with Crippen molar-refractivity contribution < 1.29 is 0 Å². The third kappa shape index (κ3) is 5.07. The predicted octanol–water partition coefficient (Wildman–Crippen LogP) is 6.38. The summed E-state index contributed by atoms with van der Waals surface area (Å²) in [5.74, 6) is 1.35. The number of rotatable bonds is 5. The summed E-state index contributed by atoms with van der Waals surface area (Å²) in [5.41, 5.74) is 2.87. The zero-order valence-corrected chi connectivity index (χ0v) is 14.7. The highest BCUT2D eigenvalue weighted by atomic mass is 15.1. The molecule has 0 bridgehead atoms. The Morgan fingerprint density at radius 3 is 2.36 bits per heavy atom. The lowest BCUT2D eigenvalue weighted by atomic mass is 9.83. The van der Waals surface area contributed by atoms with Crippen LogP contribution in [-0.2, 0) is 0 Å². The van der Waals surface area contributed by atoms with Gasteiger partial charge in [-0.25, -0.2) is 0 Å². The molecule has 0 aromatic carbocycles. The molecule has 1 aliphatic carbocycles. The second kappa shape index (κ2) is 9.97. The van der Waals surface area contributed by atoms with E-state index in [9.17, 15) is 0 Å². The maximum absolute atomic E-state index is 4.64. The fourth-order valence-electron chi connectivity index (χ4n) is 4.00. The number of aromatic nitrogens is 2. The standard InChI is InChI=1S/C20H34N2/c1-3-5-12-18-14-10-8-6-7-9-13-17(11-4-2)19-15-16-21-22-20(18)19/h15-18H,3-14H2,1-2H3. The second-order valence-electron chi connectivity index (χ2n) is 7.04. The lowest BCUT2D eigenvalue weighted by Crippen LogP contribution is -2.11. The Hall–Kier alpha value is -0.920. The summed E-state index contributed by atoms with van der Waals surface area (Å²) in [6.45, 7) is 4.61. The molecule has 0 N–H and O–H groups in total. The van der Waals surface area contributed by atoms with Crippen molar-refractivity contribution in [2.75, 3.05) is 0 Å². The van der Waals surface area contributed by atoms with Gasteiger partial charge in [0.2, 0.25) is 0 Å². The van der Waals surface area contributed by atoms with Gasteiger partial charge in [0, 0.05) is 12.1 Å². The van der Waals surface area contributed by atoms with Crippen LogP contribution in [0.5, 0.6) is 0 Å². The van der Waals surface area contributed by atoms with Crippen LogP contribution in [0.4, 0.5) is 0 Å². The summed E-state index contributed by atoms with van der Waals surface area (Å²) < 4.78 is 0. The van der Waals surface area contributed by atoms with Crippen LogP contribution >= 0.6 is 0 Å². The Kier molecular flexibility index (Phi) is 7.90. The average molecular weight is 303 g/mol. The molecule has 2 heteroatoms. The number of unbranched alkanes of at least 4 members (excludes halogenated alkanes) is 1. The first-order chi connectivity index (χ1) is 10.9. The molecule has 0 saturated carbocycles. The first-order valence-electron chi connectivity index (χ1n) is 9.68. The molecule has 2 unspecified atom stereocenters. The fraction of sp³-hybridized carbons (Fsp3) is 0.800. The molecule has 1 aromatic rings. The topological polar surface area (TPSA) is 25.8 Å². The Labute approximate surface area is 137 Å². The van der Waals surface area contributed by atoms with Gasteiger partial charge >= 0.3 is 0 Å². The van der Waals surface area contributed by atoms with Crippen molar-refractivity contribution in [2.45, 2.75) is 103 Å². The van der Waals surface area contributed by atoms with Crippen molar-refractivity contribution in [3.63, 3.8) is 0 Å². The Balaban J connectivity index is 2.27. The molecule has 0 radical (unpaired) electrons. The van der Waals surface area contributed by atoms with Crippen molar-refractivity contribution >= 4 is 0 Å². The molecule has 0 aliphatic heterocycles. The highest BCUT2D eigenvalue weighted by Crippen LogP contribution is 2.36. The zero-order valence-electron chi connectivity index (χ0n) is 14.7. The second-order valence-corrected chi connectivity index (χ2v) is 7.04. The highest BCUT2D eigenvalue weighted by molar-refractivity contribution is 5.25. The fourth-order valence-corrected chi connectivity index (χ4v) is 4.00. The molecule has 1 heterocycles. The molecule has 1 aromatic heterocycles. The maximum atomic E-state index is 4.64. The molecular weight excluding hydrogens is 268 g/mol. The highest BCUT2D eigenvalue weighted by Gasteiger charge is 2.22. The third-order valence-electron chi connectivity index (χ3n) is 5.26. The van der Waals surface area contributed by atoms with Gasteiger partial charge in [0.25, 0.3) is 0 Å². The van der Waals surface area contributed by atoms with E-state index in [1.54, 1.807) is 0 Å². The van der Waals surface area contributed by atoms with Crippen LogP contribution in [-0.4, -0.2) is 10.2 Å². The molecule has 22 heavy (non-hydrogen) atoms. The van der Waals surface area contributed by atoms with E-state index in [0.29, 0.717) is 11.8 Å². The molecule has 0 saturated heterocycles. The van der Waals surface area contributed by atoms with Gasteiger partial charge in [0.1, 0.15) is 0 Å². The minimum absolute atomic E-state index is 0.640. The van der Waals surface area contributed by atoms with Crippen molar-refractivity contribution in [2.24, 2.45) is 0 Å². The van der Waals surface area contributed by atoms with E-state index in [0.717, 1.165) is 0 Å². The van der Waals surface area contributed by atoms with E-state index in [2.05, 4.69) is 30.1 Å². The van der Waals surface area contributed by atoms with E-state index < -0.39 is 0 Å². The average Bonchev–Trinajstić information content (AvgIpc) is 2.58. The normalized spacial score (nSPS) is 23.5. The summed E-state index contributed by atoms with van der Waals surface area (Å²) in [5, 5.41) is 8.89. The van der Waals surface area contributed by atoms with Crippen molar-refractivity contribution in [3.05, 3.63) is 23.5 Å². The SMILES string of the molecule is CCCCC1CCCCCCCC(CCC)c2ccnnc21. The van der Waals surface area contributed by atoms with Crippen LogP contribution in [0.25, 0.3) is 0 Å². The van der Waals surface area contributed by atoms with Crippen LogP contribution in [0.15, 0.2) is 12.3 Å². The third-order valence-corrected chi connectivity index (χ3v) is 5.26. The smallest absolute Gasteiger partial charge is 0.0696 e. The van der Waals surface area contributed by atoms with E-state index in [-0.39, 0.29) is 0 Å². The van der Waals surface area contributed by atoms with E-state index in [1.807, 2.05) is 6.20 Å². The minimum Gasteiger partial charge on any atom is -0.159 e. The number of nitrogens with zero attached hydrogens (tertiary/aromatic N) is 2. The van der Waals surface area contributed by atoms with Crippen molar-refractivity contribution in [1.82, 2.24) is 10.2 Å². The summed E-state index contributed by atoms with van der Waals surface area (Å²) in [6, 6.07) is 2.28. The van der Waals surface area contributed by atoms with Gasteiger partial charge in [0.15, 0.2) is 0 Å². The van der Waals surface area contributed by atoms with Crippen LogP contribution < -0.4 is 0 Å². The van der Waals surface area contributed by atoms with E-state index in [4.69, 9.17) is 0 Å². The van der Waals surface area contributed by atoms with Crippen LogP contribution in [0.1, 0.15) is 114 Å². The molecule has 0 amide bonds. The molecular formula is C20H34N2. The quantitative estimate of drug-likeness (QED) is 0.630. The summed E-state index contributed by atoms with van der Waals surface area (Å²) in [7, 11) is 0. The van der Waals surface area contributed by atoms with Crippen molar-refractivity contribution in [1.29, 1.82) is 0 Å². The van der Waals surface area contributed by atoms with Gasteiger partial charge < -0.3 is 0 Å². The summed E-state index contributed by atoms with van der Waals surface area (Å²) in [4.78, 5) is 0. The minimum atomic E-state index is 0.640. The monoisotopic (exact) mass is 302 g/mol. The van der Waals surface area contributed by atoms with Gasteiger partial charge in [-0.15, -0.1) is 0 Å². The molecule has 124 valence electrons. The summed E-state index contributed by atoms with van der Waals surface area (Å²) >= 11 is 0. The molecule has 1 aliphatic rings. The molecule has 2 nitrogen and oxygen atoms in total. The first kappa shape index (κ1) is 17.4. The zero-order chi connectivity index (χ0) is 15.6. The van der Waals surface area contributed by atoms with Crippen LogP contribution in [0, 0.1) is 0 Å². The van der Waals surface area contributed by atoms with Gasteiger partial charge in [-0.05, 0) is 43.2 Å². The molecule has 0 spiro atoms. The summed E-state index contributed by atoms with van der Waals surface area (Å²) in [6.07, 6.45) is 18.0. The number of hydrogen-bond acceptors (Lipinski definition) is 2. The van der Waals surface area contributed by atoms with Crippen LogP contribution in [0.3, 0.4) is 0 Å². The van der Waals surface area contributed by atoms with E-state index >= 15 is 0 Å². The predicted molar refractivity (Wildman–Crippen MR) is 94.3 cm³/mol. The van der Waals surface area contributed by atoms with Gasteiger partial charge in [-0.2, -0.15) is 10.2 Å². The maximum Gasteiger partial charge on any atom is 0.0696 e. The van der Waals surface area contributed by atoms with Gasteiger partial charge in [-0.1, -0.05) is 65.2 Å². The first-order valence-corrected chi connectivity index (χ1v) is 9.68. The largest absolute Gasteiger partial charge is 0.159 e. The number of fused-ring (bicyclic) bond motifs is 1. The number of hydrogen-bond donors (Lipinski definition) is 0. The van der Waals surface area contributed by atoms with Gasteiger partial charge in [0.05, 0.1) is 5.69 Å². The Morgan fingerprint density at radius 2 is 1.64 bits per heavy atom.